The molecule has 0 N–H and O–H groups in total. The molecule has 2 unspecified atom stereocenters. The summed E-state index contributed by atoms with van der Waals surface area (Å²) >= 11 is 0. The van der Waals surface area contributed by atoms with E-state index in [1.54, 1.807) is 0 Å². The third-order valence-corrected chi connectivity index (χ3v) is 3.93. The van der Waals surface area contributed by atoms with Gasteiger partial charge in [0.1, 0.15) is 5.60 Å². The summed E-state index contributed by atoms with van der Waals surface area (Å²) in [5, 5.41) is 0. The largest absolute Gasteiger partial charge is 0.444 e. The van der Waals surface area contributed by atoms with Gasteiger partial charge in [-0.2, -0.15) is 0 Å². The van der Waals surface area contributed by atoms with E-state index in [1.807, 2.05) is 25.7 Å². The number of fused-ring (bicyclic) bond motifs is 1. The SMILES string of the molecule is CC(C)(C)OC(=O)N1CC2CCCC2(C)C1. The van der Waals surface area contributed by atoms with Gasteiger partial charge in [-0.25, -0.2) is 4.79 Å². The number of rotatable bonds is 0. The van der Waals surface area contributed by atoms with Gasteiger partial charge in [0.25, 0.3) is 0 Å². The van der Waals surface area contributed by atoms with E-state index in [2.05, 4.69) is 6.92 Å². The van der Waals surface area contributed by atoms with Gasteiger partial charge in [-0.3, -0.25) is 0 Å². The lowest BCUT2D eigenvalue weighted by Gasteiger charge is -2.26. The van der Waals surface area contributed by atoms with Gasteiger partial charge in [-0.05, 0) is 44.9 Å². The zero-order valence-corrected chi connectivity index (χ0v) is 10.9. The monoisotopic (exact) mass is 225 g/mol. The van der Waals surface area contributed by atoms with Crippen LogP contribution in [0.4, 0.5) is 4.79 Å². The Hall–Kier alpha value is -0.730. The summed E-state index contributed by atoms with van der Waals surface area (Å²) in [4.78, 5) is 13.8. The van der Waals surface area contributed by atoms with E-state index in [9.17, 15) is 4.79 Å². The topological polar surface area (TPSA) is 29.5 Å². The molecule has 0 aromatic carbocycles. The molecular weight excluding hydrogens is 202 g/mol. The lowest BCUT2D eigenvalue weighted by atomic mass is 9.83. The maximum atomic E-state index is 11.9. The van der Waals surface area contributed by atoms with Gasteiger partial charge in [0.05, 0.1) is 0 Å². The highest BCUT2D eigenvalue weighted by Crippen LogP contribution is 2.48. The minimum absolute atomic E-state index is 0.136. The second-order valence-corrected chi connectivity index (χ2v) is 6.60. The van der Waals surface area contributed by atoms with Crippen molar-refractivity contribution < 1.29 is 9.53 Å². The van der Waals surface area contributed by atoms with E-state index in [0.29, 0.717) is 11.3 Å². The fourth-order valence-electron chi connectivity index (χ4n) is 3.06. The summed E-state index contributed by atoms with van der Waals surface area (Å²) in [5.41, 5.74) is -0.0212. The Morgan fingerprint density at radius 2 is 2.12 bits per heavy atom. The van der Waals surface area contributed by atoms with Crippen molar-refractivity contribution in [3.05, 3.63) is 0 Å². The minimum Gasteiger partial charge on any atom is -0.444 e. The molecule has 0 aromatic heterocycles. The first-order valence-corrected chi connectivity index (χ1v) is 6.28. The predicted molar refractivity (Wildman–Crippen MR) is 63.3 cm³/mol. The molecule has 3 nitrogen and oxygen atoms in total. The standard InChI is InChI=1S/C13H23NO2/c1-12(2,3)16-11(15)14-8-10-6-5-7-13(10,4)9-14/h10H,5-9H2,1-4H3. The number of carbonyl (C=O) groups is 1. The van der Waals surface area contributed by atoms with Gasteiger partial charge in [0.2, 0.25) is 0 Å². The molecule has 1 aliphatic heterocycles. The molecular formula is C13H23NO2. The number of amides is 1. The van der Waals surface area contributed by atoms with Crippen molar-refractivity contribution >= 4 is 6.09 Å². The van der Waals surface area contributed by atoms with Crippen LogP contribution < -0.4 is 0 Å². The molecule has 1 amide bonds. The predicted octanol–water partition coefficient (Wildman–Crippen LogP) is 3.04. The van der Waals surface area contributed by atoms with E-state index < -0.39 is 0 Å². The summed E-state index contributed by atoms with van der Waals surface area (Å²) in [5.74, 6) is 0.694. The van der Waals surface area contributed by atoms with Crippen LogP contribution >= 0.6 is 0 Å². The first-order valence-electron chi connectivity index (χ1n) is 6.28. The summed E-state index contributed by atoms with van der Waals surface area (Å²) < 4.78 is 5.42. The zero-order valence-electron chi connectivity index (χ0n) is 10.9. The van der Waals surface area contributed by atoms with Crippen molar-refractivity contribution in [2.75, 3.05) is 13.1 Å². The molecule has 2 atom stereocenters. The smallest absolute Gasteiger partial charge is 0.410 e. The molecule has 0 radical (unpaired) electrons. The fourth-order valence-corrected chi connectivity index (χ4v) is 3.06. The Morgan fingerprint density at radius 3 is 2.69 bits per heavy atom. The first-order chi connectivity index (χ1) is 7.30. The van der Waals surface area contributed by atoms with Gasteiger partial charge in [-0.1, -0.05) is 13.3 Å². The molecule has 1 saturated heterocycles. The Bertz CT molecular complexity index is 295. The molecule has 2 fully saturated rings. The van der Waals surface area contributed by atoms with Gasteiger partial charge in [0.15, 0.2) is 0 Å². The molecule has 1 saturated carbocycles. The molecule has 2 aliphatic rings. The van der Waals surface area contributed by atoms with Crippen molar-refractivity contribution in [3.8, 4) is 0 Å². The van der Waals surface area contributed by atoms with Crippen molar-refractivity contribution in [1.82, 2.24) is 4.90 Å². The number of nitrogens with zero attached hydrogens (tertiary/aromatic N) is 1. The van der Waals surface area contributed by atoms with E-state index >= 15 is 0 Å². The molecule has 0 aromatic rings. The Kier molecular flexibility index (Phi) is 2.67. The van der Waals surface area contributed by atoms with Crippen LogP contribution in [0.5, 0.6) is 0 Å². The van der Waals surface area contributed by atoms with E-state index in [4.69, 9.17) is 4.74 Å². The summed E-state index contributed by atoms with van der Waals surface area (Å²) in [6.07, 6.45) is 3.72. The summed E-state index contributed by atoms with van der Waals surface area (Å²) in [6.45, 7) is 9.85. The zero-order chi connectivity index (χ0) is 12.0. The minimum atomic E-state index is -0.379. The van der Waals surface area contributed by atoms with E-state index in [1.165, 1.54) is 19.3 Å². The van der Waals surface area contributed by atoms with Crippen LogP contribution in [0.15, 0.2) is 0 Å². The quantitative estimate of drug-likeness (QED) is 0.634. The third-order valence-electron chi connectivity index (χ3n) is 3.93. The second-order valence-electron chi connectivity index (χ2n) is 6.60. The first kappa shape index (κ1) is 11.7. The Balaban J connectivity index is 1.97. The van der Waals surface area contributed by atoms with Crippen molar-refractivity contribution in [1.29, 1.82) is 0 Å². The number of hydrogen-bond donors (Lipinski definition) is 0. The van der Waals surface area contributed by atoms with Crippen LogP contribution in [0.2, 0.25) is 0 Å². The van der Waals surface area contributed by atoms with Crippen LogP contribution in [0.1, 0.15) is 47.0 Å². The number of carbonyl (C=O) groups excluding carboxylic acids is 1. The Morgan fingerprint density at radius 1 is 1.44 bits per heavy atom. The number of likely N-dealkylation sites (tertiary alicyclic amines) is 1. The van der Waals surface area contributed by atoms with Gasteiger partial charge in [-0.15, -0.1) is 0 Å². The molecule has 3 heteroatoms. The molecule has 92 valence electrons. The molecule has 1 heterocycles. The van der Waals surface area contributed by atoms with E-state index in [-0.39, 0.29) is 11.7 Å². The van der Waals surface area contributed by atoms with Crippen molar-refractivity contribution in [2.45, 2.75) is 52.6 Å². The summed E-state index contributed by atoms with van der Waals surface area (Å²) in [6, 6.07) is 0. The van der Waals surface area contributed by atoms with Gasteiger partial charge in [0, 0.05) is 13.1 Å². The average Bonchev–Trinajstić information content (AvgIpc) is 2.55. The Labute approximate surface area is 98.1 Å². The van der Waals surface area contributed by atoms with Crippen LogP contribution in [0.3, 0.4) is 0 Å². The average molecular weight is 225 g/mol. The normalized spacial score (nSPS) is 34.0. The number of hydrogen-bond acceptors (Lipinski definition) is 2. The molecule has 0 bridgehead atoms. The number of ether oxygens (including phenoxy) is 1. The lowest BCUT2D eigenvalue weighted by molar-refractivity contribution is 0.0270. The van der Waals surface area contributed by atoms with Crippen LogP contribution in [-0.4, -0.2) is 29.7 Å². The fraction of sp³-hybridized carbons (Fsp3) is 0.923. The highest BCUT2D eigenvalue weighted by atomic mass is 16.6. The van der Waals surface area contributed by atoms with Crippen molar-refractivity contribution in [2.24, 2.45) is 11.3 Å². The molecule has 16 heavy (non-hydrogen) atoms. The second kappa shape index (κ2) is 3.64. The molecule has 1 aliphatic carbocycles. The highest BCUT2D eigenvalue weighted by molar-refractivity contribution is 5.68. The highest BCUT2D eigenvalue weighted by Gasteiger charge is 2.47. The van der Waals surface area contributed by atoms with Crippen LogP contribution in [-0.2, 0) is 4.74 Å². The maximum Gasteiger partial charge on any atom is 0.410 e. The van der Waals surface area contributed by atoms with Crippen LogP contribution in [0, 0.1) is 11.3 Å². The molecule has 2 rings (SSSR count). The van der Waals surface area contributed by atoms with Crippen LogP contribution in [0.25, 0.3) is 0 Å². The van der Waals surface area contributed by atoms with Gasteiger partial charge < -0.3 is 9.64 Å². The van der Waals surface area contributed by atoms with E-state index in [0.717, 1.165) is 13.1 Å². The third kappa shape index (κ3) is 2.18. The molecule has 0 spiro atoms. The lowest BCUT2D eigenvalue weighted by Crippen LogP contribution is -2.36. The summed E-state index contributed by atoms with van der Waals surface area (Å²) in [7, 11) is 0. The van der Waals surface area contributed by atoms with Crippen molar-refractivity contribution in [3.63, 3.8) is 0 Å². The maximum absolute atomic E-state index is 11.9. The van der Waals surface area contributed by atoms with Gasteiger partial charge >= 0.3 is 6.09 Å².